The summed E-state index contributed by atoms with van der Waals surface area (Å²) in [6, 6.07) is 15.4. The average molecular weight is 384 g/mol. The van der Waals surface area contributed by atoms with Crippen LogP contribution >= 0.6 is 0 Å². The first-order valence-corrected chi connectivity index (χ1v) is 8.35. The molecular weight excluding hydrogens is 364 g/mol. The van der Waals surface area contributed by atoms with Crippen molar-refractivity contribution in [3.05, 3.63) is 54.1 Å². The van der Waals surface area contributed by atoms with Gasteiger partial charge < -0.3 is 14.2 Å². The second-order valence-electron chi connectivity index (χ2n) is 5.65. The standard InChI is InChI=1S/C20H20N2O6/c1-14(20(24)26-13-19(23)22(2)25-3)27-16-8-10-18(11-9-16)28-17-6-4-15(12-21)5-7-17/h4-11,14H,13H2,1-3H3. The van der Waals surface area contributed by atoms with Crippen molar-refractivity contribution in [1.29, 1.82) is 5.26 Å². The van der Waals surface area contributed by atoms with Gasteiger partial charge >= 0.3 is 5.97 Å². The van der Waals surface area contributed by atoms with Crippen molar-refractivity contribution in [3.8, 4) is 23.3 Å². The van der Waals surface area contributed by atoms with Crippen LogP contribution in [0.4, 0.5) is 0 Å². The van der Waals surface area contributed by atoms with Gasteiger partial charge in [0, 0.05) is 7.05 Å². The van der Waals surface area contributed by atoms with E-state index in [1.54, 1.807) is 48.5 Å². The number of amides is 1. The molecule has 0 aliphatic carbocycles. The lowest BCUT2D eigenvalue weighted by molar-refractivity contribution is -0.178. The number of carbonyl (C=O) groups excluding carboxylic acids is 2. The molecule has 1 atom stereocenters. The largest absolute Gasteiger partial charge is 0.479 e. The van der Waals surface area contributed by atoms with Gasteiger partial charge in [0.25, 0.3) is 5.91 Å². The van der Waals surface area contributed by atoms with Crippen LogP contribution in [-0.2, 0) is 19.2 Å². The van der Waals surface area contributed by atoms with Crippen LogP contribution in [0, 0.1) is 11.3 Å². The third kappa shape index (κ3) is 6.00. The van der Waals surface area contributed by atoms with Crippen LogP contribution in [0.2, 0.25) is 0 Å². The van der Waals surface area contributed by atoms with E-state index in [0.717, 1.165) is 5.06 Å². The van der Waals surface area contributed by atoms with Crippen molar-refractivity contribution in [2.75, 3.05) is 20.8 Å². The van der Waals surface area contributed by atoms with Crippen molar-refractivity contribution in [2.24, 2.45) is 0 Å². The molecule has 1 amide bonds. The summed E-state index contributed by atoms with van der Waals surface area (Å²) in [6.45, 7) is 1.09. The summed E-state index contributed by atoms with van der Waals surface area (Å²) < 4.78 is 16.1. The lowest BCUT2D eigenvalue weighted by atomic mass is 10.2. The summed E-state index contributed by atoms with van der Waals surface area (Å²) >= 11 is 0. The molecule has 0 aliphatic rings. The number of hydroxylamine groups is 2. The second-order valence-corrected chi connectivity index (χ2v) is 5.65. The molecule has 0 N–H and O–H groups in total. The van der Waals surface area contributed by atoms with Gasteiger partial charge in [-0.3, -0.25) is 9.63 Å². The number of rotatable bonds is 8. The smallest absolute Gasteiger partial charge is 0.347 e. The lowest BCUT2D eigenvalue weighted by Gasteiger charge is -2.16. The van der Waals surface area contributed by atoms with Crippen LogP contribution in [0.25, 0.3) is 0 Å². The van der Waals surface area contributed by atoms with E-state index in [2.05, 4.69) is 0 Å². The lowest BCUT2D eigenvalue weighted by Crippen LogP contribution is -2.33. The second kappa shape index (κ2) is 9.94. The van der Waals surface area contributed by atoms with E-state index >= 15 is 0 Å². The van der Waals surface area contributed by atoms with Crippen molar-refractivity contribution in [1.82, 2.24) is 5.06 Å². The van der Waals surface area contributed by atoms with Crippen LogP contribution in [0.3, 0.4) is 0 Å². The number of hydrogen-bond acceptors (Lipinski definition) is 7. The van der Waals surface area contributed by atoms with E-state index in [1.165, 1.54) is 21.1 Å². The zero-order valence-electron chi connectivity index (χ0n) is 15.7. The van der Waals surface area contributed by atoms with Gasteiger partial charge in [0.1, 0.15) is 17.2 Å². The highest BCUT2D eigenvalue weighted by molar-refractivity contribution is 5.81. The predicted octanol–water partition coefficient (Wildman–Crippen LogP) is 2.68. The minimum Gasteiger partial charge on any atom is -0.479 e. The topological polar surface area (TPSA) is 98.1 Å². The van der Waals surface area contributed by atoms with Gasteiger partial charge in [0.2, 0.25) is 0 Å². The van der Waals surface area contributed by atoms with Gasteiger partial charge in [0.15, 0.2) is 12.7 Å². The molecule has 2 aromatic rings. The maximum absolute atomic E-state index is 11.9. The monoisotopic (exact) mass is 384 g/mol. The first-order chi connectivity index (χ1) is 13.4. The molecule has 2 rings (SSSR count). The zero-order valence-corrected chi connectivity index (χ0v) is 15.7. The van der Waals surface area contributed by atoms with E-state index < -0.39 is 24.6 Å². The van der Waals surface area contributed by atoms with Gasteiger partial charge in [-0.15, -0.1) is 0 Å². The predicted molar refractivity (Wildman–Crippen MR) is 98.5 cm³/mol. The minimum atomic E-state index is -0.897. The number of carbonyl (C=O) groups is 2. The molecule has 0 spiro atoms. The van der Waals surface area contributed by atoms with Crippen LogP contribution < -0.4 is 9.47 Å². The summed E-state index contributed by atoms with van der Waals surface area (Å²) in [6.07, 6.45) is -0.897. The molecule has 0 radical (unpaired) electrons. The highest BCUT2D eigenvalue weighted by Crippen LogP contribution is 2.24. The highest BCUT2D eigenvalue weighted by atomic mass is 16.7. The molecular formula is C20H20N2O6. The van der Waals surface area contributed by atoms with Crippen molar-refractivity contribution < 1.29 is 28.6 Å². The van der Waals surface area contributed by atoms with Crippen molar-refractivity contribution in [2.45, 2.75) is 13.0 Å². The zero-order chi connectivity index (χ0) is 20.5. The molecule has 0 fully saturated rings. The SMILES string of the molecule is CON(C)C(=O)COC(=O)C(C)Oc1ccc(Oc2ccc(C#N)cc2)cc1. The number of benzene rings is 2. The Balaban J connectivity index is 1.86. The highest BCUT2D eigenvalue weighted by Gasteiger charge is 2.19. The molecule has 146 valence electrons. The average Bonchev–Trinajstić information content (AvgIpc) is 2.72. The Bertz CT molecular complexity index is 842. The van der Waals surface area contributed by atoms with E-state index in [0.29, 0.717) is 22.8 Å². The summed E-state index contributed by atoms with van der Waals surface area (Å²) in [7, 11) is 2.75. The molecule has 0 aliphatic heterocycles. The Morgan fingerprint density at radius 1 is 1.04 bits per heavy atom. The molecule has 0 saturated heterocycles. The number of esters is 1. The quantitative estimate of drug-likeness (QED) is 0.510. The molecule has 8 nitrogen and oxygen atoms in total. The molecule has 0 saturated carbocycles. The normalized spacial score (nSPS) is 11.1. The van der Waals surface area contributed by atoms with E-state index in [9.17, 15) is 9.59 Å². The minimum absolute atomic E-state index is 0.436. The number of nitriles is 1. The maximum atomic E-state index is 11.9. The number of hydrogen-bond donors (Lipinski definition) is 0. The molecule has 8 heteroatoms. The van der Waals surface area contributed by atoms with Crippen LogP contribution in [0.5, 0.6) is 17.2 Å². The summed E-state index contributed by atoms with van der Waals surface area (Å²) in [5.41, 5.74) is 0.549. The molecule has 0 aromatic heterocycles. The fourth-order valence-electron chi connectivity index (χ4n) is 2.02. The Labute approximate surface area is 162 Å². The Morgan fingerprint density at radius 3 is 2.11 bits per heavy atom. The van der Waals surface area contributed by atoms with Gasteiger partial charge in [-0.2, -0.15) is 5.26 Å². The number of ether oxygens (including phenoxy) is 3. The number of nitrogens with zero attached hydrogens (tertiary/aromatic N) is 2. The summed E-state index contributed by atoms with van der Waals surface area (Å²) in [5, 5.41) is 9.76. The summed E-state index contributed by atoms with van der Waals surface area (Å²) in [4.78, 5) is 28.2. The van der Waals surface area contributed by atoms with Gasteiger partial charge in [-0.05, 0) is 55.5 Å². The van der Waals surface area contributed by atoms with Crippen LogP contribution in [0.1, 0.15) is 12.5 Å². The van der Waals surface area contributed by atoms with Crippen molar-refractivity contribution in [3.63, 3.8) is 0 Å². The Hall–Kier alpha value is -3.57. The third-order valence-electron chi connectivity index (χ3n) is 3.65. The van der Waals surface area contributed by atoms with Gasteiger partial charge in [-0.1, -0.05) is 0 Å². The Morgan fingerprint density at radius 2 is 1.57 bits per heavy atom. The first kappa shape index (κ1) is 20.7. The van der Waals surface area contributed by atoms with Crippen LogP contribution in [0.15, 0.2) is 48.5 Å². The fourth-order valence-corrected chi connectivity index (χ4v) is 2.02. The maximum Gasteiger partial charge on any atom is 0.347 e. The Kier molecular flexibility index (Phi) is 7.37. The van der Waals surface area contributed by atoms with Crippen molar-refractivity contribution >= 4 is 11.9 Å². The van der Waals surface area contributed by atoms with Gasteiger partial charge in [-0.25, -0.2) is 9.86 Å². The van der Waals surface area contributed by atoms with Crippen LogP contribution in [-0.4, -0.2) is 43.8 Å². The summed E-state index contributed by atoms with van der Waals surface area (Å²) in [5.74, 6) is 0.441. The van der Waals surface area contributed by atoms with E-state index in [1.807, 2.05) is 6.07 Å². The number of likely N-dealkylation sites (N-methyl/N-ethyl adjacent to an activating group) is 1. The fraction of sp³-hybridized carbons (Fsp3) is 0.250. The molecule has 2 aromatic carbocycles. The first-order valence-electron chi connectivity index (χ1n) is 8.35. The third-order valence-corrected chi connectivity index (χ3v) is 3.65. The molecule has 1 unspecified atom stereocenters. The molecule has 28 heavy (non-hydrogen) atoms. The van der Waals surface area contributed by atoms with E-state index in [-0.39, 0.29) is 0 Å². The van der Waals surface area contributed by atoms with Gasteiger partial charge in [0.05, 0.1) is 18.7 Å². The van der Waals surface area contributed by atoms with E-state index in [4.69, 9.17) is 24.3 Å². The molecule has 0 heterocycles. The molecule has 0 bridgehead atoms.